The highest BCUT2D eigenvalue weighted by Gasteiger charge is 2.10. The lowest BCUT2D eigenvalue weighted by Crippen LogP contribution is -2.14. The van der Waals surface area contributed by atoms with Crippen molar-refractivity contribution in [3.8, 4) is 0 Å². The maximum atomic E-state index is 8.74. The van der Waals surface area contributed by atoms with Crippen molar-refractivity contribution < 1.29 is 5.21 Å². The fraction of sp³-hybridized carbons (Fsp3) is 0.100. The second-order valence-electron chi connectivity index (χ2n) is 3.29. The Labute approximate surface area is 107 Å². The van der Waals surface area contributed by atoms with Gasteiger partial charge in [-0.1, -0.05) is 23.0 Å². The van der Waals surface area contributed by atoms with E-state index in [4.69, 9.17) is 10.9 Å². The van der Waals surface area contributed by atoms with Gasteiger partial charge in [-0.15, -0.1) is 0 Å². The van der Waals surface area contributed by atoms with Crippen LogP contribution >= 0.6 is 23.3 Å². The zero-order valence-electron chi connectivity index (χ0n) is 8.99. The number of oxime groups is 1. The maximum absolute atomic E-state index is 8.74. The zero-order valence-corrected chi connectivity index (χ0v) is 10.6. The van der Waals surface area contributed by atoms with Crippen LogP contribution < -0.4 is 5.73 Å². The average Bonchev–Trinajstić information content (AvgIpc) is 2.81. The molecule has 0 aliphatic heterocycles. The summed E-state index contributed by atoms with van der Waals surface area (Å²) < 4.78 is 4.76. The maximum Gasteiger partial charge on any atom is 0.174 e. The van der Waals surface area contributed by atoms with Crippen LogP contribution in [0.1, 0.15) is 11.1 Å². The van der Waals surface area contributed by atoms with Gasteiger partial charge in [0.25, 0.3) is 0 Å². The Morgan fingerprint density at radius 1 is 1.53 bits per heavy atom. The average molecular weight is 266 g/mol. The largest absolute Gasteiger partial charge is 0.409 e. The smallest absolute Gasteiger partial charge is 0.174 e. The number of nitrogens with two attached hydrogens (primary N) is 1. The summed E-state index contributed by atoms with van der Waals surface area (Å²) in [6.07, 6.45) is 1.51. The first kappa shape index (κ1) is 11.9. The summed E-state index contributed by atoms with van der Waals surface area (Å²) in [6, 6.07) is 5.71. The van der Waals surface area contributed by atoms with Crippen LogP contribution in [0.15, 0.2) is 38.9 Å². The zero-order chi connectivity index (χ0) is 12.3. The number of amidine groups is 1. The first-order chi connectivity index (χ1) is 8.20. The topological polar surface area (TPSA) is 84.4 Å². The Bertz CT molecular complexity index is 539. The van der Waals surface area contributed by atoms with E-state index in [-0.39, 0.29) is 5.84 Å². The van der Waals surface area contributed by atoms with Gasteiger partial charge in [0, 0.05) is 10.5 Å². The lowest BCUT2D eigenvalue weighted by atomic mass is 10.1. The number of hydrogen-bond donors (Lipinski definition) is 2. The molecule has 3 N–H and O–H groups in total. The number of aryl methyl sites for hydroxylation is 1. The second kappa shape index (κ2) is 5.15. The fourth-order valence-electron chi connectivity index (χ4n) is 1.28. The van der Waals surface area contributed by atoms with Gasteiger partial charge >= 0.3 is 0 Å². The minimum Gasteiger partial charge on any atom is -0.409 e. The van der Waals surface area contributed by atoms with Gasteiger partial charge in [-0.05, 0) is 36.2 Å². The molecule has 0 saturated heterocycles. The van der Waals surface area contributed by atoms with Crippen molar-refractivity contribution >= 4 is 29.1 Å². The third-order valence-electron chi connectivity index (χ3n) is 2.06. The fourth-order valence-corrected chi connectivity index (χ4v) is 2.92. The molecule has 1 heterocycles. The van der Waals surface area contributed by atoms with Gasteiger partial charge in [-0.25, -0.2) is 4.98 Å². The third-order valence-corrected chi connectivity index (χ3v) is 3.83. The quantitative estimate of drug-likeness (QED) is 0.384. The van der Waals surface area contributed by atoms with Gasteiger partial charge in [-0.3, -0.25) is 0 Å². The molecule has 1 aromatic carbocycles. The second-order valence-corrected chi connectivity index (χ2v) is 5.36. The molecule has 88 valence electrons. The van der Waals surface area contributed by atoms with Crippen LogP contribution in [0.5, 0.6) is 0 Å². The van der Waals surface area contributed by atoms with Gasteiger partial charge in [0.2, 0.25) is 0 Å². The number of benzene rings is 1. The summed E-state index contributed by atoms with van der Waals surface area (Å²) in [6.45, 7) is 1.99. The van der Waals surface area contributed by atoms with E-state index in [9.17, 15) is 0 Å². The molecule has 2 aromatic rings. The van der Waals surface area contributed by atoms with Gasteiger partial charge in [0.1, 0.15) is 6.33 Å². The molecule has 1 aromatic heterocycles. The van der Waals surface area contributed by atoms with Gasteiger partial charge in [0.05, 0.1) is 0 Å². The summed E-state index contributed by atoms with van der Waals surface area (Å²) in [5.74, 6) is 0.0945. The van der Waals surface area contributed by atoms with Crippen molar-refractivity contribution in [2.45, 2.75) is 16.2 Å². The van der Waals surface area contributed by atoms with E-state index < -0.39 is 0 Å². The minimum atomic E-state index is 0.0945. The van der Waals surface area contributed by atoms with Crippen LogP contribution in [0.3, 0.4) is 0 Å². The van der Waals surface area contributed by atoms with E-state index in [1.165, 1.54) is 29.6 Å². The molecule has 0 atom stereocenters. The first-order valence-corrected chi connectivity index (χ1v) is 6.33. The Morgan fingerprint density at radius 3 is 3.00 bits per heavy atom. The van der Waals surface area contributed by atoms with Crippen LogP contribution in [-0.4, -0.2) is 20.4 Å². The summed E-state index contributed by atoms with van der Waals surface area (Å²) >= 11 is 2.76. The van der Waals surface area contributed by atoms with E-state index in [1.807, 2.05) is 25.1 Å². The van der Waals surface area contributed by atoms with Gasteiger partial charge in [-0.2, -0.15) is 4.37 Å². The molecule has 2 rings (SSSR count). The summed E-state index contributed by atoms with van der Waals surface area (Å²) in [4.78, 5) is 4.99. The predicted octanol–water partition coefficient (Wildman–Crippen LogP) is 2.09. The lowest BCUT2D eigenvalue weighted by molar-refractivity contribution is 0.318. The van der Waals surface area contributed by atoms with E-state index in [1.54, 1.807) is 0 Å². The molecule has 0 spiro atoms. The minimum absolute atomic E-state index is 0.0945. The van der Waals surface area contributed by atoms with E-state index in [2.05, 4.69) is 14.5 Å². The highest BCUT2D eigenvalue weighted by atomic mass is 32.2. The van der Waals surface area contributed by atoms with Crippen LogP contribution in [0.25, 0.3) is 0 Å². The number of nitrogens with zero attached hydrogens (tertiary/aromatic N) is 3. The molecule has 0 aliphatic carbocycles. The van der Waals surface area contributed by atoms with Crippen molar-refractivity contribution in [1.29, 1.82) is 0 Å². The van der Waals surface area contributed by atoms with Crippen LogP contribution in [0, 0.1) is 6.92 Å². The lowest BCUT2D eigenvalue weighted by Gasteiger charge is -2.07. The first-order valence-electron chi connectivity index (χ1n) is 4.74. The van der Waals surface area contributed by atoms with Gasteiger partial charge < -0.3 is 10.9 Å². The van der Waals surface area contributed by atoms with E-state index in [0.717, 1.165) is 14.8 Å². The number of rotatable bonds is 3. The molecule has 0 fully saturated rings. The molecule has 0 aliphatic rings. The summed E-state index contributed by atoms with van der Waals surface area (Å²) in [5.41, 5.74) is 7.42. The summed E-state index contributed by atoms with van der Waals surface area (Å²) in [7, 11) is 0. The normalized spacial score (nSPS) is 11.7. The van der Waals surface area contributed by atoms with Crippen LogP contribution in [0.4, 0.5) is 0 Å². The Balaban J connectivity index is 2.40. The monoisotopic (exact) mass is 266 g/mol. The van der Waals surface area contributed by atoms with Crippen molar-refractivity contribution in [3.05, 3.63) is 35.7 Å². The van der Waals surface area contributed by atoms with Crippen LogP contribution in [-0.2, 0) is 0 Å². The van der Waals surface area contributed by atoms with E-state index in [0.29, 0.717) is 5.56 Å². The molecule has 7 heteroatoms. The SMILES string of the molecule is Cc1ccc(C(N)=NO)c(Sc2ncns2)c1. The molecular weight excluding hydrogens is 256 g/mol. The molecular formula is C10H10N4OS2. The molecule has 0 radical (unpaired) electrons. The highest BCUT2D eigenvalue weighted by molar-refractivity contribution is 8.01. The molecule has 0 saturated carbocycles. The predicted molar refractivity (Wildman–Crippen MR) is 67.7 cm³/mol. The van der Waals surface area contributed by atoms with Crippen molar-refractivity contribution in [3.63, 3.8) is 0 Å². The third kappa shape index (κ3) is 2.75. The van der Waals surface area contributed by atoms with Crippen LogP contribution in [0.2, 0.25) is 0 Å². The number of hydrogen-bond acceptors (Lipinski definition) is 6. The van der Waals surface area contributed by atoms with Crippen molar-refractivity contribution in [1.82, 2.24) is 9.36 Å². The Morgan fingerprint density at radius 2 is 2.35 bits per heavy atom. The molecule has 5 nitrogen and oxygen atoms in total. The van der Waals surface area contributed by atoms with Gasteiger partial charge in [0.15, 0.2) is 10.2 Å². The standard InChI is InChI=1S/C10H10N4OS2/c1-6-2-3-7(9(11)14-15)8(4-6)16-10-12-5-13-17-10/h2-5,15H,1H3,(H2,11,14). The Hall–Kier alpha value is -1.60. The molecule has 0 amide bonds. The highest BCUT2D eigenvalue weighted by Crippen LogP contribution is 2.31. The number of aromatic nitrogens is 2. The molecule has 17 heavy (non-hydrogen) atoms. The van der Waals surface area contributed by atoms with E-state index >= 15 is 0 Å². The summed E-state index contributed by atoms with van der Waals surface area (Å²) in [5, 5.41) is 11.8. The molecule has 0 unspecified atom stereocenters. The molecule has 0 bridgehead atoms. The van der Waals surface area contributed by atoms with Crippen molar-refractivity contribution in [2.75, 3.05) is 0 Å². The Kier molecular flexibility index (Phi) is 3.60. The van der Waals surface area contributed by atoms with Crippen molar-refractivity contribution in [2.24, 2.45) is 10.9 Å².